The van der Waals surface area contributed by atoms with Crippen LogP contribution in [0, 0.1) is 0 Å². The molecule has 0 amide bonds. The minimum absolute atomic E-state index is 0.0185. The summed E-state index contributed by atoms with van der Waals surface area (Å²) >= 11 is 0. The monoisotopic (exact) mass is 212 g/mol. The SMILES string of the molecule is O=C(O)C(O)c1cc(O)cc2c1OCO2. The molecular formula is C9H8O6. The molecule has 1 heterocycles. The summed E-state index contributed by atoms with van der Waals surface area (Å²) in [6.45, 7) is -0.0574. The summed E-state index contributed by atoms with van der Waals surface area (Å²) in [6, 6.07) is 2.42. The van der Waals surface area contributed by atoms with Gasteiger partial charge in [0.25, 0.3) is 0 Å². The molecule has 6 nitrogen and oxygen atoms in total. The van der Waals surface area contributed by atoms with E-state index in [0.29, 0.717) is 0 Å². The second kappa shape index (κ2) is 3.32. The lowest BCUT2D eigenvalue weighted by Crippen LogP contribution is -2.11. The van der Waals surface area contributed by atoms with Crippen molar-refractivity contribution in [1.82, 2.24) is 0 Å². The van der Waals surface area contributed by atoms with Crippen molar-refractivity contribution < 1.29 is 29.6 Å². The number of phenolic OH excluding ortho intramolecular Hbond substituents is 1. The first-order valence-corrected chi connectivity index (χ1v) is 4.13. The highest BCUT2D eigenvalue weighted by Crippen LogP contribution is 2.41. The molecule has 1 aliphatic rings. The van der Waals surface area contributed by atoms with E-state index in [0.717, 1.165) is 6.07 Å². The number of aliphatic hydroxyl groups is 1. The fraction of sp³-hybridized carbons (Fsp3) is 0.222. The number of rotatable bonds is 2. The molecule has 6 heteroatoms. The van der Waals surface area contributed by atoms with Gasteiger partial charge in [-0.3, -0.25) is 0 Å². The van der Waals surface area contributed by atoms with E-state index in [9.17, 15) is 15.0 Å². The Kier molecular flexibility index (Phi) is 2.12. The topological polar surface area (TPSA) is 96.2 Å². The molecule has 0 aliphatic carbocycles. The number of ether oxygens (including phenoxy) is 2. The van der Waals surface area contributed by atoms with Gasteiger partial charge >= 0.3 is 5.97 Å². The van der Waals surface area contributed by atoms with E-state index < -0.39 is 12.1 Å². The lowest BCUT2D eigenvalue weighted by Gasteiger charge is -2.09. The molecule has 15 heavy (non-hydrogen) atoms. The van der Waals surface area contributed by atoms with E-state index in [2.05, 4.69) is 0 Å². The Morgan fingerprint density at radius 3 is 2.80 bits per heavy atom. The Morgan fingerprint density at radius 2 is 2.13 bits per heavy atom. The molecule has 1 aliphatic heterocycles. The van der Waals surface area contributed by atoms with E-state index in [1.54, 1.807) is 0 Å². The highest BCUT2D eigenvalue weighted by Gasteiger charge is 2.27. The molecule has 0 saturated carbocycles. The molecule has 1 unspecified atom stereocenters. The second-order valence-electron chi connectivity index (χ2n) is 3.01. The first-order valence-electron chi connectivity index (χ1n) is 4.13. The Labute approximate surface area is 84.3 Å². The van der Waals surface area contributed by atoms with Crippen LogP contribution in [0.5, 0.6) is 17.2 Å². The van der Waals surface area contributed by atoms with E-state index in [1.807, 2.05) is 0 Å². The molecule has 3 N–H and O–H groups in total. The van der Waals surface area contributed by atoms with Gasteiger partial charge in [0, 0.05) is 11.6 Å². The van der Waals surface area contributed by atoms with Gasteiger partial charge in [0.1, 0.15) is 5.75 Å². The number of carbonyl (C=O) groups is 1. The van der Waals surface area contributed by atoms with Gasteiger partial charge in [-0.15, -0.1) is 0 Å². The smallest absolute Gasteiger partial charge is 0.337 e. The third-order valence-electron chi connectivity index (χ3n) is 2.01. The number of carboxylic acid groups (broad SMARTS) is 1. The number of aliphatic carboxylic acids is 1. The zero-order chi connectivity index (χ0) is 11.0. The molecule has 1 aromatic carbocycles. The molecule has 0 bridgehead atoms. The Hall–Kier alpha value is -1.95. The van der Waals surface area contributed by atoms with Crippen molar-refractivity contribution in [1.29, 1.82) is 0 Å². The zero-order valence-electron chi connectivity index (χ0n) is 7.51. The van der Waals surface area contributed by atoms with Gasteiger partial charge < -0.3 is 24.8 Å². The van der Waals surface area contributed by atoms with Crippen molar-refractivity contribution in [3.8, 4) is 17.2 Å². The van der Waals surface area contributed by atoms with Crippen LogP contribution in [0.3, 0.4) is 0 Å². The van der Waals surface area contributed by atoms with Crippen LogP contribution in [-0.4, -0.2) is 28.1 Å². The minimum atomic E-state index is -1.74. The summed E-state index contributed by atoms with van der Waals surface area (Å²) in [5, 5.41) is 27.2. The first kappa shape index (κ1) is 9.60. The number of aromatic hydroxyl groups is 1. The molecule has 1 aromatic rings. The van der Waals surface area contributed by atoms with Gasteiger partial charge in [0.15, 0.2) is 17.6 Å². The third-order valence-corrected chi connectivity index (χ3v) is 2.01. The van der Waals surface area contributed by atoms with Crippen molar-refractivity contribution in [2.24, 2.45) is 0 Å². The normalized spacial score (nSPS) is 15.0. The van der Waals surface area contributed by atoms with Crippen LogP contribution < -0.4 is 9.47 Å². The summed E-state index contributed by atoms with van der Waals surface area (Å²) < 4.78 is 9.96. The van der Waals surface area contributed by atoms with Crippen molar-refractivity contribution in [2.45, 2.75) is 6.10 Å². The molecule has 1 atom stereocenters. The number of phenols is 1. The van der Waals surface area contributed by atoms with Gasteiger partial charge in [0.2, 0.25) is 6.79 Å². The molecular weight excluding hydrogens is 204 g/mol. The van der Waals surface area contributed by atoms with Crippen LogP contribution in [0.1, 0.15) is 11.7 Å². The molecule has 0 radical (unpaired) electrons. The van der Waals surface area contributed by atoms with Crippen molar-refractivity contribution >= 4 is 5.97 Å². The average Bonchev–Trinajstić information content (AvgIpc) is 2.62. The van der Waals surface area contributed by atoms with Gasteiger partial charge in [-0.1, -0.05) is 0 Å². The number of hydrogen-bond donors (Lipinski definition) is 3. The molecule has 0 saturated heterocycles. The second-order valence-corrected chi connectivity index (χ2v) is 3.01. The molecule has 2 rings (SSSR count). The fourth-order valence-electron chi connectivity index (χ4n) is 1.36. The van der Waals surface area contributed by atoms with Crippen LogP contribution in [0.15, 0.2) is 12.1 Å². The molecule has 0 aromatic heterocycles. The Bertz CT molecular complexity index is 413. The van der Waals surface area contributed by atoms with Crippen molar-refractivity contribution in [3.63, 3.8) is 0 Å². The van der Waals surface area contributed by atoms with Crippen molar-refractivity contribution in [3.05, 3.63) is 17.7 Å². The maximum absolute atomic E-state index is 10.6. The van der Waals surface area contributed by atoms with E-state index in [1.165, 1.54) is 6.07 Å². The van der Waals surface area contributed by atoms with E-state index in [-0.39, 0.29) is 29.6 Å². The number of fused-ring (bicyclic) bond motifs is 1. The number of hydrogen-bond acceptors (Lipinski definition) is 5. The Balaban J connectivity index is 2.51. The summed E-state index contributed by atoms with van der Waals surface area (Å²) in [7, 11) is 0. The van der Waals surface area contributed by atoms with Crippen molar-refractivity contribution in [2.75, 3.05) is 6.79 Å². The van der Waals surface area contributed by atoms with Crippen LogP contribution in [0.2, 0.25) is 0 Å². The zero-order valence-corrected chi connectivity index (χ0v) is 7.51. The molecule has 0 fully saturated rings. The largest absolute Gasteiger partial charge is 0.508 e. The third kappa shape index (κ3) is 1.55. The minimum Gasteiger partial charge on any atom is -0.508 e. The van der Waals surface area contributed by atoms with Gasteiger partial charge in [-0.25, -0.2) is 4.79 Å². The summed E-state index contributed by atoms with van der Waals surface area (Å²) in [5.74, 6) is -1.22. The Morgan fingerprint density at radius 1 is 1.40 bits per heavy atom. The van der Waals surface area contributed by atoms with Gasteiger partial charge in [-0.2, -0.15) is 0 Å². The predicted molar refractivity (Wildman–Crippen MR) is 46.8 cm³/mol. The molecule has 0 spiro atoms. The quantitative estimate of drug-likeness (QED) is 0.649. The molecule has 80 valence electrons. The van der Waals surface area contributed by atoms with Crippen LogP contribution >= 0.6 is 0 Å². The highest BCUT2D eigenvalue weighted by molar-refractivity contribution is 5.76. The fourth-order valence-corrected chi connectivity index (χ4v) is 1.36. The summed E-state index contributed by atoms with van der Waals surface area (Å²) in [6.07, 6.45) is -1.74. The van der Waals surface area contributed by atoms with E-state index in [4.69, 9.17) is 14.6 Å². The summed E-state index contributed by atoms with van der Waals surface area (Å²) in [5.41, 5.74) is -0.0185. The average molecular weight is 212 g/mol. The maximum Gasteiger partial charge on any atom is 0.337 e. The van der Waals surface area contributed by atoms with Crippen LogP contribution in [-0.2, 0) is 4.79 Å². The van der Waals surface area contributed by atoms with Crippen LogP contribution in [0.25, 0.3) is 0 Å². The van der Waals surface area contributed by atoms with Gasteiger partial charge in [0.05, 0.1) is 0 Å². The lowest BCUT2D eigenvalue weighted by molar-refractivity contribution is -0.147. The first-order chi connectivity index (χ1) is 7.09. The number of carboxylic acids is 1. The number of aliphatic hydroxyl groups excluding tert-OH is 1. The number of benzene rings is 1. The van der Waals surface area contributed by atoms with Crippen LogP contribution in [0.4, 0.5) is 0 Å². The lowest BCUT2D eigenvalue weighted by atomic mass is 10.1. The maximum atomic E-state index is 10.6. The highest BCUT2D eigenvalue weighted by atomic mass is 16.7. The standard InChI is InChI=1S/C9H8O6/c10-4-1-5(7(11)9(12)13)8-6(2-4)14-3-15-8/h1-2,7,10-11H,3H2,(H,12,13). The predicted octanol–water partition coefficient (Wildman–Crippen LogP) is 0.239. The van der Waals surface area contributed by atoms with E-state index >= 15 is 0 Å². The van der Waals surface area contributed by atoms with Gasteiger partial charge in [-0.05, 0) is 6.07 Å². The summed E-state index contributed by atoms with van der Waals surface area (Å²) in [4.78, 5) is 10.6.